The minimum atomic E-state index is -1.70. The number of pyridine rings is 1. The maximum Gasteiger partial charge on any atom is 0.512 e. The number of carboxylic acid groups (broad SMARTS) is 1. The molecule has 0 unspecified atom stereocenters. The van der Waals surface area contributed by atoms with Crippen molar-refractivity contribution >= 4 is 6.16 Å². The molecule has 0 saturated heterocycles. The highest BCUT2D eigenvalue weighted by molar-refractivity contribution is 5.60. The van der Waals surface area contributed by atoms with Crippen molar-refractivity contribution in [2.24, 2.45) is 0 Å². The van der Waals surface area contributed by atoms with Crippen molar-refractivity contribution in [2.45, 2.75) is 0 Å². The molecule has 4 nitrogen and oxygen atoms in total. The SMILES string of the molecule is O=C(O)Oc1ncc(F)cc1F. The van der Waals surface area contributed by atoms with Crippen molar-refractivity contribution in [3.05, 3.63) is 23.9 Å². The molecule has 64 valence electrons. The van der Waals surface area contributed by atoms with Gasteiger partial charge >= 0.3 is 6.16 Å². The molecule has 12 heavy (non-hydrogen) atoms. The Balaban J connectivity index is 2.93. The maximum atomic E-state index is 12.5. The first-order valence-corrected chi connectivity index (χ1v) is 2.81. The van der Waals surface area contributed by atoms with E-state index in [2.05, 4.69) is 9.72 Å². The Morgan fingerprint density at radius 2 is 2.25 bits per heavy atom. The van der Waals surface area contributed by atoms with E-state index >= 15 is 0 Å². The van der Waals surface area contributed by atoms with Crippen molar-refractivity contribution in [1.29, 1.82) is 0 Å². The average Bonchev–Trinajstić information content (AvgIpc) is 1.94. The second-order valence-corrected chi connectivity index (χ2v) is 1.81. The van der Waals surface area contributed by atoms with Crippen molar-refractivity contribution < 1.29 is 23.4 Å². The Morgan fingerprint density at radius 1 is 1.58 bits per heavy atom. The molecule has 0 aliphatic rings. The van der Waals surface area contributed by atoms with Gasteiger partial charge in [0.15, 0.2) is 5.82 Å². The van der Waals surface area contributed by atoms with Gasteiger partial charge in [0.1, 0.15) is 5.82 Å². The number of rotatable bonds is 1. The molecule has 0 bridgehead atoms. The number of aromatic nitrogens is 1. The van der Waals surface area contributed by atoms with Crippen LogP contribution in [0.25, 0.3) is 0 Å². The van der Waals surface area contributed by atoms with E-state index in [0.29, 0.717) is 12.3 Å². The lowest BCUT2D eigenvalue weighted by Crippen LogP contribution is -2.06. The van der Waals surface area contributed by atoms with E-state index in [-0.39, 0.29) is 0 Å². The highest BCUT2D eigenvalue weighted by Gasteiger charge is 2.09. The van der Waals surface area contributed by atoms with Crippen LogP contribution in [0.2, 0.25) is 0 Å². The van der Waals surface area contributed by atoms with Crippen LogP contribution in [0.1, 0.15) is 0 Å². The molecule has 1 aromatic rings. The molecule has 1 N–H and O–H groups in total. The summed E-state index contributed by atoms with van der Waals surface area (Å²) in [6, 6.07) is 0.477. The first kappa shape index (κ1) is 8.38. The molecule has 6 heteroatoms. The zero-order valence-corrected chi connectivity index (χ0v) is 5.62. The fourth-order valence-corrected chi connectivity index (χ4v) is 0.560. The average molecular weight is 175 g/mol. The Bertz CT molecular complexity index is 316. The van der Waals surface area contributed by atoms with Crippen LogP contribution in [-0.2, 0) is 0 Å². The minimum Gasteiger partial charge on any atom is -0.449 e. The highest BCUT2D eigenvalue weighted by Crippen LogP contribution is 2.13. The largest absolute Gasteiger partial charge is 0.512 e. The lowest BCUT2D eigenvalue weighted by Gasteiger charge is -1.98. The first-order chi connectivity index (χ1) is 5.59. The van der Waals surface area contributed by atoms with Crippen molar-refractivity contribution in [2.75, 3.05) is 0 Å². The molecule has 1 aromatic heterocycles. The third kappa shape index (κ3) is 1.88. The topological polar surface area (TPSA) is 59.4 Å². The van der Waals surface area contributed by atoms with Gasteiger partial charge in [0.05, 0.1) is 6.20 Å². The fourth-order valence-electron chi connectivity index (χ4n) is 0.560. The molecule has 0 aromatic carbocycles. The Morgan fingerprint density at radius 3 is 2.75 bits per heavy atom. The van der Waals surface area contributed by atoms with Crippen LogP contribution >= 0.6 is 0 Å². The summed E-state index contributed by atoms with van der Waals surface area (Å²) in [5.74, 6) is -2.81. The summed E-state index contributed by atoms with van der Waals surface area (Å²) in [6.45, 7) is 0. The summed E-state index contributed by atoms with van der Waals surface area (Å²) in [6.07, 6.45) is -1.05. The standard InChI is InChI=1S/C6H3F2NO3/c7-3-1-4(8)5(9-2-3)12-6(10)11/h1-2H,(H,10,11). The summed E-state index contributed by atoms with van der Waals surface area (Å²) in [5.41, 5.74) is 0. The molecule has 0 saturated carbocycles. The van der Waals surface area contributed by atoms with Gasteiger partial charge in [0, 0.05) is 6.07 Å². The predicted octanol–water partition coefficient (Wildman–Crippen LogP) is 1.42. The molecule has 1 heterocycles. The van der Waals surface area contributed by atoms with E-state index in [1.807, 2.05) is 0 Å². The number of halogens is 2. The van der Waals surface area contributed by atoms with Gasteiger partial charge in [-0.1, -0.05) is 0 Å². The van der Waals surface area contributed by atoms with Gasteiger partial charge < -0.3 is 9.84 Å². The summed E-state index contributed by atoms with van der Waals surface area (Å²) in [5, 5.41) is 8.04. The van der Waals surface area contributed by atoms with Gasteiger partial charge in [0.2, 0.25) is 0 Å². The second-order valence-electron chi connectivity index (χ2n) is 1.81. The zero-order valence-electron chi connectivity index (χ0n) is 5.62. The van der Waals surface area contributed by atoms with Crippen LogP contribution in [-0.4, -0.2) is 16.2 Å². The van der Waals surface area contributed by atoms with E-state index in [1.165, 1.54) is 0 Å². The molecular formula is C6H3F2NO3. The summed E-state index contributed by atoms with van der Waals surface area (Å²) < 4.78 is 28.6. The first-order valence-electron chi connectivity index (χ1n) is 2.81. The van der Waals surface area contributed by atoms with E-state index < -0.39 is 23.7 Å². The highest BCUT2D eigenvalue weighted by atomic mass is 19.1. The fraction of sp³-hybridized carbons (Fsp3) is 0. The second kappa shape index (κ2) is 3.12. The third-order valence-electron chi connectivity index (χ3n) is 0.958. The van der Waals surface area contributed by atoms with Gasteiger partial charge in [-0.2, -0.15) is 0 Å². The normalized spacial score (nSPS) is 9.50. The van der Waals surface area contributed by atoms with Crippen molar-refractivity contribution in [3.8, 4) is 5.88 Å². The molecule has 0 fully saturated rings. The number of carbonyl (C=O) groups is 1. The van der Waals surface area contributed by atoms with Gasteiger partial charge in [-0.05, 0) is 0 Å². The minimum absolute atomic E-state index is 0.477. The van der Waals surface area contributed by atoms with Crippen LogP contribution < -0.4 is 4.74 Å². The summed E-state index contributed by atoms with van der Waals surface area (Å²) in [7, 11) is 0. The van der Waals surface area contributed by atoms with Crippen LogP contribution in [0.15, 0.2) is 12.3 Å². The summed E-state index contributed by atoms with van der Waals surface area (Å²) >= 11 is 0. The Hall–Kier alpha value is -1.72. The molecule has 0 aliphatic heterocycles. The number of hydrogen-bond acceptors (Lipinski definition) is 3. The molecule has 0 spiro atoms. The van der Waals surface area contributed by atoms with E-state index in [0.717, 1.165) is 0 Å². The van der Waals surface area contributed by atoms with Crippen LogP contribution in [0.3, 0.4) is 0 Å². The molecule has 0 atom stereocenters. The Kier molecular flexibility index (Phi) is 2.18. The third-order valence-corrected chi connectivity index (χ3v) is 0.958. The smallest absolute Gasteiger partial charge is 0.449 e. The Labute approximate surface area is 65.4 Å². The van der Waals surface area contributed by atoms with E-state index in [4.69, 9.17) is 5.11 Å². The summed E-state index contributed by atoms with van der Waals surface area (Å²) in [4.78, 5) is 12.9. The molecular weight excluding hydrogens is 172 g/mol. The molecule has 1 rings (SSSR count). The molecule has 0 radical (unpaired) electrons. The lowest BCUT2D eigenvalue weighted by atomic mass is 10.4. The molecule has 0 aliphatic carbocycles. The van der Waals surface area contributed by atoms with Crippen molar-refractivity contribution in [3.63, 3.8) is 0 Å². The van der Waals surface area contributed by atoms with E-state index in [1.54, 1.807) is 0 Å². The lowest BCUT2D eigenvalue weighted by molar-refractivity contribution is 0.140. The van der Waals surface area contributed by atoms with E-state index in [9.17, 15) is 13.6 Å². The van der Waals surface area contributed by atoms with Gasteiger partial charge in [-0.25, -0.2) is 18.6 Å². The molecule has 0 amide bonds. The zero-order chi connectivity index (χ0) is 9.14. The van der Waals surface area contributed by atoms with Gasteiger partial charge in [0.25, 0.3) is 5.88 Å². The van der Waals surface area contributed by atoms with Crippen LogP contribution in [0, 0.1) is 11.6 Å². The van der Waals surface area contributed by atoms with Crippen LogP contribution in [0.5, 0.6) is 5.88 Å². The monoisotopic (exact) mass is 175 g/mol. The van der Waals surface area contributed by atoms with Crippen molar-refractivity contribution in [1.82, 2.24) is 4.98 Å². The van der Waals surface area contributed by atoms with Gasteiger partial charge in [-0.3, -0.25) is 0 Å². The number of ether oxygens (including phenoxy) is 1. The quantitative estimate of drug-likeness (QED) is 0.655. The predicted molar refractivity (Wildman–Crippen MR) is 32.8 cm³/mol. The maximum absolute atomic E-state index is 12.5. The van der Waals surface area contributed by atoms with Gasteiger partial charge in [-0.15, -0.1) is 0 Å². The van der Waals surface area contributed by atoms with Crippen LogP contribution in [0.4, 0.5) is 13.6 Å². The number of hydrogen-bond donors (Lipinski definition) is 1. The number of nitrogens with zero attached hydrogens (tertiary/aromatic N) is 1.